The van der Waals surface area contributed by atoms with Crippen LogP contribution in [0, 0.1) is 0 Å². The Morgan fingerprint density at radius 2 is 1.72 bits per heavy atom. The number of para-hydroxylation sites is 1. The van der Waals surface area contributed by atoms with Crippen LogP contribution < -0.4 is 10.1 Å². The van der Waals surface area contributed by atoms with Gasteiger partial charge >= 0.3 is 0 Å². The molecular formula is C25H34N2O2. The molecule has 0 unspecified atom stereocenters. The van der Waals surface area contributed by atoms with Crippen molar-refractivity contribution in [1.29, 1.82) is 0 Å². The van der Waals surface area contributed by atoms with Crippen molar-refractivity contribution in [3.63, 3.8) is 0 Å². The molecule has 2 aromatic rings. The first kappa shape index (κ1) is 21.4. The van der Waals surface area contributed by atoms with Crippen LogP contribution in [0.25, 0.3) is 0 Å². The molecule has 1 amide bonds. The zero-order chi connectivity index (χ0) is 20.3. The molecule has 1 aliphatic heterocycles. The number of rotatable bonds is 9. The van der Waals surface area contributed by atoms with Gasteiger partial charge in [0.1, 0.15) is 5.75 Å². The summed E-state index contributed by atoms with van der Waals surface area (Å²) in [7, 11) is 0. The Labute approximate surface area is 175 Å². The van der Waals surface area contributed by atoms with E-state index < -0.39 is 0 Å². The third kappa shape index (κ3) is 6.90. The number of hydrogen-bond donors (Lipinski definition) is 1. The predicted molar refractivity (Wildman–Crippen MR) is 118 cm³/mol. The molecule has 0 bridgehead atoms. The van der Waals surface area contributed by atoms with Crippen LogP contribution in [0.15, 0.2) is 48.5 Å². The van der Waals surface area contributed by atoms with Gasteiger partial charge in [-0.1, -0.05) is 43.2 Å². The van der Waals surface area contributed by atoms with Gasteiger partial charge in [0, 0.05) is 18.7 Å². The van der Waals surface area contributed by atoms with Crippen LogP contribution in [0.4, 0.5) is 0 Å². The Kier molecular flexibility index (Phi) is 8.57. The van der Waals surface area contributed by atoms with Crippen LogP contribution in [0.2, 0.25) is 0 Å². The largest absolute Gasteiger partial charge is 0.494 e. The number of nitrogens with one attached hydrogen (secondary N) is 1. The number of likely N-dealkylation sites (tertiary alicyclic amines) is 1. The van der Waals surface area contributed by atoms with Crippen molar-refractivity contribution in [2.45, 2.75) is 52.0 Å². The molecule has 0 aromatic heterocycles. The quantitative estimate of drug-likeness (QED) is 0.620. The Morgan fingerprint density at radius 1 is 1.00 bits per heavy atom. The summed E-state index contributed by atoms with van der Waals surface area (Å²) < 4.78 is 5.67. The number of hydrogen-bond acceptors (Lipinski definition) is 3. The van der Waals surface area contributed by atoms with Gasteiger partial charge in [-0.2, -0.15) is 0 Å². The van der Waals surface area contributed by atoms with Gasteiger partial charge in [-0.3, -0.25) is 9.69 Å². The fraction of sp³-hybridized carbons (Fsp3) is 0.480. The molecule has 29 heavy (non-hydrogen) atoms. The summed E-state index contributed by atoms with van der Waals surface area (Å²) >= 11 is 0. The lowest BCUT2D eigenvalue weighted by Crippen LogP contribution is -2.25. The number of amides is 1. The molecule has 0 spiro atoms. The van der Waals surface area contributed by atoms with E-state index in [1.165, 1.54) is 49.9 Å². The zero-order valence-corrected chi connectivity index (χ0v) is 17.7. The normalized spacial score (nSPS) is 14.9. The van der Waals surface area contributed by atoms with Gasteiger partial charge in [0.15, 0.2) is 0 Å². The Bertz CT molecular complexity index is 750. The summed E-state index contributed by atoms with van der Waals surface area (Å²) in [5, 5.41) is 3.04. The molecule has 0 radical (unpaired) electrons. The smallest absolute Gasteiger partial charge is 0.251 e. The van der Waals surface area contributed by atoms with Gasteiger partial charge in [-0.25, -0.2) is 0 Å². The maximum Gasteiger partial charge on any atom is 0.251 e. The lowest BCUT2D eigenvalue weighted by molar-refractivity contribution is 0.0953. The molecule has 0 atom stereocenters. The van der Waals surface area contributed by atoms with Crippen LogP contribution in [-0.4, -0.2) is 37.0 Å². The van der Waals surface area contributed by atoms with E-state index in [4.69, 9.17) is 4.74 Å². The van der Waals surface area contributed by atoms with Crippen molar-refractivity contribution in [3.05, 3.63) is 65.2 Å². The molecule has 0 aliphatic carbocycles. The second-order valence-electron chi connectivity index (χ2n) is 7.79. The molecule has 1 heterocycles. The summed E-state index contributed by atoms with van der Waals surface area (Å²) in [6.45, 7) is 6.69. The summed E-state index contributed by atoms with van der Waals surface area (Å²) in [4.78, 5) is 15.0. The van der Waals surface area contributed by atoms with E-state index in [1.54, 1.807) is 0 Å². The van der Waals surface area contributed by atoms with E-state index in [1.807, 2.05) is 37.3 Å². The summed E-state index contributed by atoms with van der Waals surface area (Å²) in [5.74, 6) is 0.950. The van der Waals surface area contributed by atoms with Crippen molar-refractivity contribution in [3.8, 4) is 5.75 Å². The second-order valence-corrected chi connectivity index (χ2v) is 7.79. The maximum absolute atomic E-state index is 12.4. The number of aryl methyl sites for hydroxylation is 1. The Balaban J connectivity index is 1.42. The minimum atomic E-state index is 0.00409. The van der Waals surface area contributed by atoms with Crippen LogP contribution in [-0.2, 0) is 13.0 Å². The second kappa shape index (κ2) is 11.6. The lowest BCUT2D eigenvalue weighted by atomic mass is 10.1. The number of nitrogens with zero attached hydrogens (tertiary/aromatic N) is 1. The highest BCUT2D eigenvalue weighted by molar-refractivity contribution is 5.94. The van der Waals surface area contributed by atoms with E-state index in [0.717, 1.165) is 30.7 Å². The highest BCUT2D eigenvalue weighted by Gasteiger charge is 2.10. The Morgan fingerprint density at radius 3 is 2.45 bits per heavy atom. The minimum Gasteiger partial charge on any atom is -0.494 e. The monoisotopic (exact) mass is 394 g/mol. The molecule has 156 valence electrons. The summed E-state index contributed by atoms with van der Waals surface area (Å²) in [6.07, 6.45) is 7.10. The molecule has 4 heteroatoms. The molecule has 2 aromatic carbocycles. The van der Waals surface area contributed by atoms with E-state index >= 15 is 0 Å². The highest BCUT2D eigenvalue weighted by atomic mass is 16.5. The number of ether oxygens (including phenoxy) is 1. The van der Waals surface area contributed by atoms with Gasteiger partial charge in [0.25, 0.3) is 5.91 Å². The fourth-order valence-electron chi connectivity index (χ4n) is 3.90. The average molecular weight is 395 g/mol. The number of carbonyl (C=O) groups is 1. The molecule has 0 saturated carbocycles. The van der Waals surface area contributed by atoms with Crippen LogP contribution in [0.3, 0.4) is 0 Å². The third-order valence-electron chi connectivity index (χ3n) is 5.50. The van der Waals surface area contributed by atoms with Crippen molar-refractivity contribution < 1.29 is 9.53 Å². The fourth-order valence-corrected chi connectivity index (χ4v) is 3.90. The maximum atomic E-state index is 12.4. The molecule has 1 fully saturated rings. The van der Waals surface area contributed by atoms with Crippen LogP contribution in [0.1, 0.15) is 60.5 Å². The average Bonchev–Trinajstić information content (AvgIpc) is 3.01. The molecule has 4 nitrogen and oxygen atoms in total. The van der Waals surface area contributed by atoms with Gasteiger partial charge < -0.3 is 10.1 Å². The van der Waals surface area contributed by atoms with E-state index in [-0.39, 0.29) is 5.91 Å². The van der Waals surface area contributed by atoms with E-state index in [9.17, 15) is 4.79 Å². The molecule has 1 N–H and O–H groups in total. The summed E-state index contributed by atoms with van der Waals surface area (Å²) in [5.41, 5.74) is 3.22. The molecule has 1 saturated heterocycles. The van der Waals surface area contributed by atoms with Gasteiger partial charge in [-0.05, 0) is 75.0 Å². The van der Waals surface area contributed by atoms with Crippen molar-refractivity contribution in [2.24, 2.45) is 0 Å². The molecule has 3 rings (SSSR count). The number of benzene rings is 2. The van der Waals surface area contributed by atoms with Gasteiger partial charge in [0.05, 0.1) is 6.61 Å². The topological polar surface area (TPSA) is 41.6 Å². The minimum absolute atomic E-state index is 0.00409. The van der Waals surface area contributed by atoms with Crippen LogP contribution in [0.5, 0.6) is 5.75 Å². The van der Waals surface area contributed by atoms with E-state index in [2.05, 4.69) is 28.4 Å². The standard InChI is InChI=1S/C25H34N2O2/c1-2-29-24-12-6-5-10-22(24)11-9-17-26-25(28)23-15-13-21(14-16-23)20-27-18-7-3-4-8-19-27/h5-6,10,12-16H,2-4,7-9,11,17-20H2,1H3,(H,26,28). The Hall–Kier alpha value is -2.33. The third-order valence-corrected chi connectivity index (χ3v) is 5.50. The van der Waals surface area contributed by atoms with Crippen molar-refractivity contribution >= 4 is 5.91 Å². The van der Waals surface area contributed by atoms with Gasteiger partial charge in [-0.15, -0.1) is 0 Å². The molecular weight excluding hydrogens is 360 g/mol. The van der Waals surface area contributed by atoms with Crippen molar-refractivity contribution in [2.75, 3.05) is 26.2 Å². The number of carbonyl (C=O) groups excluding carboxylic acids is 1. The highest BCUT2D eigenvalue weighted by Crippen LogP contribution is 2.19. The van der Waals surface area contributed by atoms with Gasteiger partial charge in [0.2, 0.25) is 0 Å². The van der Waals surface area contributed by atoms with Crippen LogP contribution >= 0.6 is 0 Å². The predicted octanol–water partition coefficient (Wildman–Crippen LogP) is 4.82. The first-order chi connectivity index (χ1) is 14.3. The zero-order valence-electron chi connectivity index (χ0n) is 17.7. The summed E-state index contributed by atoms with van der Waals surface area (Å²) in [6, 6.07) is 16.2. The molecule has 1 aliphatic rings. The SMILES string of the molecule is CCOc1ccccc1CCCNC(=O)c1ccc(CN2CCCCCC2)cc1. The first-order valence-corrected chi connectivity index (χ1v) is 11.1. The first-order valence-electron chi connectivity index (χ1n) is 11.1. The van der Waals surface area contributed by atoms with E-state index in [0.29, 0.717) is 13.2 Å². The van der Waals surface area contributed by atoms with Crippen molar-refractivity contribution in [1.82, 2.24) is 10.2 Å². The lowest BCUT2D eigenvalue weighted by Gasteiger charge is -2.19.